The van der Waals surface area contributed by atoms with Crippen molar-refractivity contribution < 1.29 is 4.79 Å². The first kappa shape index (κ1) is 21.9. The molecule has 2 aliphatic rings. The fourth-order valence-corrected chi connectivity index (χ4v) is 4.67. The lowest BCUT2D eigenvalue weighted by Crippen LogP contribution is -2.44. The number of carbonyl (C=O) groups excluding carboxylic acids is 1. The molecule has 2 N–H and O–H groups in total. The number of rotatable bonds is 4. The van der Waals surface area contributed by atoms with Gasteiger partial charge in [0.05, 0.1) is 28.4 Å². The summed E-state index contributed by atoms with van der Waals surface area (Å²) in [6.07, 6.45) is 3.41. The van der Waals surface area contributed by atoms with E-state index in [1.807, 2.05) is 24.3 Å². The zero-order chi connectivity index (χ0) is 23.5. The highest BCUT2D eigenvalue weighted by atomic mass is 32.2. The fourth-order valence-electron chi connectivity index (χ4n) is 3.77. The first-order chi connectivity index (χ1) is 16.6. The number of nitriles is 1. The highest BCUT2D eigenvalue weighted by molar-refractivity contribution is 8.04. The van der Waals surface area contributed by atoms with Gasteiger partial charge in [-0.2, -0.15) is 5.26 Å². The third-order valence-corrected chi connectivity index (χ3v) is 6.79. The lowest BCUT2D eigenvalue weighted by molar-refractivity contribution is -0.112. The Labute approximate surface area is 202 Å². The number of likely N-dealkylation sites (N-methyl/N-ethyl adjacent to an activating group) is 1. The molecule has 2 aliphatic heterocycles. The lowest BCUT2D eigenvalue weighted by atomic mass is 10.1. The third kappa shape index (κ3) is 4.88. The molecule has 0 unspecified atom stereocenters. The second-order valence-electron chi connectivity index (χ2n) is 8.17. The molecule has 9 heteroatoms. The summed E-state index contributed by atoms with van der Waals surface area (Å²) in [5.41, 5.74) is 4.11. The van der Waals surface area contributed by atoms with E-state index < -0.39 is 0 Å². The second-order valence-corrected chi connectivity index (χ2v) is 9.20. The van der Waals surface area contributed by atoms with Gasteiger partial charge in [-0.05, 0) is 55.1 Å². The van der Waals surface area contributed by atoms with Crippen LogP contribution in [0.1, 0.15) is 11.1 Å². The van der Waals surface area contributed by atoms with Crippen molar-refractivity contribution in [3.05, 3.63) is 70.8 Å². The van der Waals surface area contributed by atoms with Gasteiger partial charge in [0, 0.05) is 37.6 Å². The topological polar surface area (TPSA) is 97.2 Å². The van der Waals surface area contributed by atoms with E-state index in [1.165, 1.54) is 17.4 Å². The predicted octanol–water partition coefficient (Wildman–Crippen LogP) is 3.93. The van der Waals surface area contributed by atoms with Crippen molar-refractivity contribution >= 4 is 46.8 Å². The van der Waals surface area contributed by atoms with Gasteiger partial charge in [-0.3, -0.25) is 4.79 Å². The molecular formula is C25H23N7OS. The van der Waals surface area contributed by atoms with Gasteiger partial charge in [0.15, 0.2) is 0 Å². The summed E-state index contributed by atoms with van der Waals surface area (Å²) in [5, 5.41) is 15.7. The summed E-state index contributed by atoms with van der Waals surface area (Å²) < 4.78 is 0. The normalized spacial score (nSPS) is 17.1. The van der Waals surface area contributed by atoms with E-state index in [9.17, 15) is 4.79 Å². The van der Waals surface area contributed by atoms with Gasteiger partial charge in [-0.1, -0.05) is 23.9 Å². The molecule has 8 nitrogen and oxygen atoms in total. The number of hydrogen-bond acceptors (Lipinski definition) is 8. The molecule has 0 bridgehead atoms. The highest BCUT2D eigenvalue weighted by Gasteiger charge is 2.23. The summed E-state index contributed by atoms with van der Waals surface area (Å²) >= 11 is 1.30. The van der Waals surface area contributed by atoms with Crippen LogP contribution in [0.3, 0.4) is 0 Å². The number of nitrogens with zero attached hydrogens (tertiary/aromatic N) is 5. The molecule has 1 aromatic heterocycles. The van der Waals surface area contributed by atoms with E-state index in [1.54, 1.807) is 24.4 Å². The number of piperazine rings is 1. The fraction of sp³-hybridized carbons (Fsp3) is 0.200. The minimum Gasteiger partial charge on any atom is -0.369 e. The Balaban J connectivity index is 1.29. The van der Waals surface area contributed by atoms with E-state index in [2.05, 4.69) is 55.7 Å². The molecule has 5 rings (SSSR count). The molecule has 3 heterocycles. The first-order valence-corrected chi connectivity index (χ1v) is 11.8. The molecule has 0 radical (unpaired) electrons. The van der Waals surface area contributed by atoms with E-state index in [4.69, 9.17) is 5.26 Å². The largest absolute Gasteiger partial charge is 0.369 e. The molecule has 0 spiro atoms. The Bertz CT molecular complexity index is 1270. The maximum absolute atomic E-state index is 12.5. The van der Waals surface area contributed by atoms with Crippen LogP contribution in [0.4, 0.5) is 23.0 Å². The number of fused-ring (bicyclic) bond motifs is 1. The second kappa shape index (κ2) is 9.55. The molecule has 1 fully saturated rings. The van der Waals surface area contributed by atoms with E-state index in [0.717, 1.165) is 37.4 Å². The molecule has 34 heavy (non-hydrogen) atoms. The Kier molecular flexibility index (Phi) is 6.16. The van der Waals surface area contributed by atoms with Crippen molar-refractivity contribution in [1.82, 2.24) is 14.9 Å². The van der Waals surface area contributed by atoms with Crippen molar-refractivity contribution in [2.45, 2.75) is 5.03 Å². The average molecular weight is 470 g/mol. The molecule has 1 amide bonds. The smallest absolute Gasteiger partial charge is 0.262 e. The zero-order valence-corrected chi connectivity index (χ0v) is 19.5. The zero-order valence-electron chi connectivity index (χ0n) is 18.7. The summed E-state index contributed by atoms with van der Waals surface area (Å²) in [4.78, 5) is 26.7. The van der Waals surface area contributed by atoms with Crippen LogP contribution in [0.2, 0.25) is 0 Å². The molecule has 0 saturated carbocycles. The lowest BCUT2D eigenvalue weighted by Gasteiger charge is -2.34. The minimum absolute atomic E-state index is 0.203. The summed E-state index contributed by atoms with van der Waals surface area (Å²) in [6.45, 7) is 4.19. The van der Waals surface area contributed by atoms with Crippen LogP contribution < -0.4 is 15.5 Å². The maximum atomic E-state index is 12.5. The Morgan fingerprint density at radius 2 is 1.82 bits per heavy atom. The number of carbonyl (C=O) groups is 1. The van der Waals surface area contributed by atoms with Crippen molar-refractivity contribution in [3.63, 3.8) is 0 Å². The van der Waals surface area contributed by atoms with E-state index in [0.29, 0.717) is 27.1 Å². The molecule has 2 aromatic carbocycles. The number of hydrogen-bond donors (Lipinski definition) is 2. The highest BCUT2D eigenvalue weighted by Crippen LogP contribution is 2.38. The monoisotopic (exact) mass is 469 g/mol. The molecule has 0 aliphatic carbocycles. The third-order valence-electron chi connectivity index (χ3n) is 5.76. The van der Waals surface area contributed by atoms with E-state index in [-0.39, 0.29) is 5.91 Å². The molecule has 170 valence electrons. The standard InChI is InChI=1S/C25H23N7OS/c1-31-10-12-32(13-11-31)20-8-6-19(7-9-20)28-25-27-16-21-24(30-25)34-22(23(33)29-21)14-17-2-4-18(15-26)5-3-17/h2-9,14,16H,10-13H2,1H3,(H,29,33)(H,27,28,30)/b22-14-. The quantitative estimate of drug-likeness (QED) is 0.438. The van der Waals surface area contributed by atoms with Gasteiger partial charge in [0.1, 0.15) is 5.03 Å². The average Bonchev–Trinajstić information content (AvgIpc) is 2.86. The number of benzene rings is 2. The van der Waals surface area contributed by atoms with E-state index >= 15 is 0 Å². The summed E-state index contributed by atoms with van der Waals surface area (Å²) in [7, 11) is 2.15. The van der Waals surface area contributed by atoms with Crippen LogP contribution in [0.25, 0.3) is 6.08 Å². The van der Waals surface area contributed by atoms with Crippen molar-refractivity contribution in [2.75, 3.05) is 48.8 Å². The van der Waals surface area contributed by atoms with Crippen molar-refractivity contribution in [3.8, 4) is 6.07 Å². The van der Waals surface area contributed by atoms with Gasteiger partial charge in [-0.25, -0.2) is 9.97 Å². The summed E-state index contributed by atoms with van der Waals surface area (Å²) in [5.74, 6) is 0.262. The number of amides is 1. The van der Waals surface area contributed by atoms with Gasteiger partial charge >= 0.3 is 0 Å². The van der Waals surface area contributed by atoms with Crippen molar-refractivity contribution in [1.29, 1.82) is 5.26 Å². The van der Waals surface area contributed by atoms with Gasteiger partial charge in [0.2, 0.25) is 5.95 Å². The number of thioether (sulfide) groups is 1. The van der Waals surface area contributed by atoms with Gasteiger partial charge < -0.3 is 20.4 Å². The summed E-state index contributed by atoms with van der Waals surface area (Å²) in [6, 6.07) is 17.5. The van der Waals surface area contributed by atoms with Gasteiger partial charge in [0.25, 0.3) is 5.91 Å². The van der Waals surface area contributed by atoms with Crippen LogP contribution in [0, 0.1) is 11.3 Å². The first-order valence-electron chi connectivity index (χ1n) is 11.0. The Hall–Kier alpha value is -3.87. The Morgan fingerprint density at radius 3 is 2.53 bits per heavy atom. The maximum Gasteiger partial charge on any atom is 0.262 e. The van der Waals surface area contributed by atoms with Gasteiger partial charge in [-0.15, -0.1) is 0 Å². The van der Waals surface area contributed by atoms with Crippen LogP contribution >= 0.6 is 11.8 Å². The number of aromatic nitrogens is 2. The van der Waals surface area contributed by atoms with Crippen LogP contribution in [-0.4, -0.2) is 54.0 Å². The molecule has 0 atom stereocenters. The molecular weight excluding hydrogens is 446 g/mol. The number of anilines is 4. The van der Waals surface area contributed by atoms with Crippen LogP contribution in [0.15, 0.2) is 64.7 Å². The van der Waals surface area contributed by atoms with Crippen LogP contribution in [0.5, 0.6) is 0 Å². The van der Waals surface area contributed by atoms with Crippen molar-refractivity contribution in [2.24, 2.45) is 0 Å². The minimum atomic E-state index is -0.203. The SMILES string of the molecule is CN1CCN(c2ccc(Nc3ncc4c(n3)S/C(=C\c3ccc(C#N)cc3)C(=O)N4)cc2)CC1. The predicted molar refractivity (Wildman–Crippen MR) is 135 cm³/mol. The Morgan fingerprint density at radius 1 is 1.09 bits per heavy atom. The molecule has 3 aromatic rings. The number of nitrogens with one attached hydrogen (secondary N) is 2. The molecule has 1 saturated heterocycles. The van der Waals surface area contributed by atoms with Crippen LogP contribution in [-0.2, 0) is 4.79 Å².